The van der Waals surface area contributed by atoms with E-state index in [-0.39, 0.29) is 17.7 Å². The molecule has 0 bridgehead atoms. The topological polar surface area (TPSA) is 78.0 Å². The van der Waals surface area contributed by atoms with E-state index in [0.717, 1.165) is 37.1 Å². The van der Waals surface area contributed by atoms with Crippen molar-refractivity contribution >= 4 is 21.6 Å². The van der Waals surface area contributed by atoms with Crippen molar-refractivity contribution < 1.29 is 5.11 Å². The van der Waals surface area contributed by atoms with E-state index in [0.29, 0.717) is 17.1 Å². The lowest BCUT2D eigenvalue weighted by molar-refractivity contribution is 0.103. The largest absolute Gasteiger partial charge is 0.394 e. The average molecular weight is 307 g/mol. The maximum absolute atomic E-state index is 11.9. The molecule has 1 aliphatic carbocycles. The first kappa shape index (κ1) is 14.7. The third-order valence-electron chi connectivity index (χ3n) is 4.53. The van der Waals surface area contributed by atoms with Crippen LogP contribution in [-0.4, -0.2) is 27.2 Å². The molecule has 114 valence electrons. The minimum atomic E-state index is -0.227. The first-order chi connectivity index (χ1) is 10.1. The van der Waals surface area contributed by atoms with Crippen LogP contribution in [0.15, 0.2) is 16.2 Å². The number of fused-ring (bicyclic) bond motifs is 1. The summed E-state index contributed by atoms with van der Waals surface area (Å²) >= 11 is 1.41. The summed E-state index contributed by atoms with van der Waals surface area (Å²) in [5.74, 6) is 1.36. The Kier molecular flexibility index (Phi) is 4.10. The Morgan fingerprint density at radius 1 is 1.52 bits per heavy atom. The molecule has 1 saturated carbocycles. The fourth-order valence-electron chi connectivity index (χ4n) is 2.98. The number of hydrogen-bond acceptors (Lipinski definition) is 5. The standard InChI is InChI=1S/C15H21N3O2S/c1-10-2-5-15(9-19,6-3-10)16-8-12-17-11-4-7-21-13(11)14(20)18-12/h4,7,10,16,19H,2-3,5-6,8-9H2,1H3,(H,17,18,20). The van der Waals surface area contributed by atoms with E-state index in [1.54, 1.807) is 0 Å². The number of aromatic nitrogens is 2. The average Bonchev–Trinajstić information content (AvgIpc) is 2.96. The van der Waals surface area contributed by atoms with Crippen LogP contribution in [0.3, 0.4) is 0 Å². The second-order valence-corrected chi connectivity index (χ2v) is 7.04. The second kappa shape index (κ2) is 5.87. The molecule has 5 nitrogen and oxygen atoms in total. The molecule has 0 atom stereocenters. The number of aliphatic hydroxyl groups excluding tert-OH is 1. The van der Waals surface area contributed by atoms with Crippen molar-refractivity contribution in [3.05, 3.63) is 27.6 Å². The van der Waals surface area contributed by atoms with Crippen LogP contribution >= 0.6 is 11.3 Å². The Balaban J connectivity index is 1.74. The quantitative estimate of drug-likeness (QED) is 0.807. The lowest BCUT2D eigenvalue weighted by Crippen LogP contribution is -2.50. The van der Waals surface area contributed by atoms with Crippen molar-refractivity contribution in [1.82, 2.24) is 15.3 Å². The first-order valence-electron chi connectivity index (χ1n) is 7.44. The number of aliphatic hydroxyl groups is 1. The predicted octanol–water partition coefficient (Wildman–Crippen LogP) is 2.02. The van der Waals surface area contributed by atoms with E-state index in [1.165, 1.54) is 11.3 Å². The minimum Gasteiger partial charge on any atom is -0.394 e. The Bertz CT molecular complexity index is 671. The van der Waals surface area contributed by atoms with Gasteiger partial charge in [-0.05, 0) is 43.0 Å². The van der Waals surface area contributed by atoms with Crippen molar-refractivity contribution in [2.75, 3.05) is 6.61 Å². The molecule has 2 aromatic heterocycles. The molecule has 3 rings (SSSR count). The van der Waals surface area contributed by atoms with E-state index < -0.39 is 0 Å². The van der Waals surface area contributed by atoms with Crippen LogP contribution in [0.1, 0.15) is 38.4 Å². The van der Waals surface area contributed by atoms with Gasteiger partial charge < -0.3 is 15.4 Å². The van der Waals surface area contributed by atoms with Gasteiger partial charge in [0.1, 0.15) is 10.5 Å². The zero-order valence-corrected chi connectivity index (χ0v) is 13.0. The fourth-order valence-corrected chi connectivity index (χ4v) is 3.71. The van der Waals surface area contributed by atoms with Crippen molar-refractivity contribution in [2.45, 2.75) is 44.7 Å². The monoisotopic (exact) mass is 307 g/mol. The van der Waals surface area contributed by atoms with Crippen LogP contribution in [0, 0.1) is 5.92 Å². The van der Waals surface area contributed by atoms with Crippen molar-refractivity contribution in [2.24, 2.45) is 5.92 Å². The maximum atomic E-state index is 11.9. The Morgan fingerprint density at radius 2 is 2.29 bits per heavy atom. The number of nitrogens with one attached hydrogen (secondary N) is 2. The SMILES string of the molecule is CC1CCC(CO)(NCc2nc3ccsc3c(=O)[nH]2)CC1. The van der Waals surface area contributed by atoms with Gasteiger partial charge in [-0.2, -0.15) is 0 Å². The Labute approximate surface area is 127 Å². The maximum Gasteiger partial charge on any atom is 0.268 e. The molecular formula is C15H21N3O2S. The van der Waals surface area contributed by atoms with E-state index >= 15 is 0 Å². The van der Waals surface area contributed by atoms with Crippen LogP contribution in [0.2, 0.25) is 0 Å². The van der Waals surface area contributed by atoms with Crippen LogP contribution in [0.25, 0.3) is 10.2 Å². The zero-order chi connectivity index (χ0) is 14.9. The molecule has 0 saturated heterocycles. The molecule has 0 amide bonds. The van der Waals surface area contributed by atoms with Gasteiger partial charge in [0.05, 0.1) is 18.7 Å². The van der Waals surface area contributed by atoms with Gasteiger partial charge in [-0.15, -0.1) is 11.3 Å². The molecule has 2 aromatic rings. The highest BCUT2D eigenvalue weighted by Crippen LogP contribution is 2.31. The van der Waals surface area contributed by atoms with E-state index in [2.05, 4.69) is 22.2 Å². The van der Waals surface area contributed by atoms with Crippen LogP contribution < -0.4 is 10.9 Å². The van der Waals surface area contributed by atoms with Gasteiger partial charge in [0, 0.05) is 5.54 Å². The molecule has 21 heavy (non-hydrogen) atoms. The molecule has 3 N–H and O–H groups in total. The van der Waals surface area contributed by atoms with Crippen LogP contribution in [0.4, 0.5) is 0 Å². The highest BCUT2D eigenvalue weighted by atomic mass is 32.1. The molecule has 6 heteroatoms. The third-order valence-corrected chi connectivity index (χ3v) is 5.43. The summed E-state index contributed by atoms with van der Waals surface area (Å²) < 4.78 is 0.669. The summed E-state index contributed by atoms with van der Waals surface area (Å²) in [5.41, 5.74) is 0.437. The van der Waals surface area contributed by atoms with Gasteiger partial charge in [-0.25, -0.2) is 4.98 Å². The number of rotatable bonds is 4. The van der Waals surface area contributed by atoms with Gasteiger partial charge in [0.15, 0.2) is 0 Å². The molecule has 1 aliphatic rings. The summed E-state index contributed by atoms with van der Waals surface area (Å²) in [7, 11) is 0. The molecule has 0 unspecified atom stereocenters. The number of nitrogens with zero attached hydrogens (tertiary/aromatic N) is 1. The van der Waals surface area contributed by atoms with E-state index in [9.17, 15) is 9.90 Å². The fraction of sp³-hybridized carbons (Fsp3) is 0.600. The minimum absolute atomic E-state index is 0.0814. The summed E-state index contributed by atoms with van der Waals surface area (Å²) in [6.45, 7) is 2.87. The number of H-pyrrole nitrogens is 1. The molecule has 2 heterocycles. The lowest BCUT2D eigenvalue weighted by Gasteiger charge is -2.38. The molecular weight excluding hydrogens is 286 g/mol. The van der Waals surface area contributed by atoms with Gasteiger partial charge in [-0.3, -0.25) is 4.79 Å². The second-order valence-electron chi connectivity index (χ2n) is 6.12. The molecule has 0 aliphatic heterocycles. The summed E-state index contributed by atoms with van der Waals surface area (Å²) in [5, 5.41) is 15.0. The molecule has 0 aromatic carbocycles. The molecule has 0 radical (unpaired) electrons. The van der Waals surface area contributed by atoms with Gasteiger partial charge in [0.25, 0.3) is 5.56 Å². The van der Waals surface area contributed by atoms with Crippen LogP contribution in [0.5, 0.6) is 0 Å². The van der Waals surface area contributed by atoms with Gasteiger partial charge in [0.2, 0.25) is 0 Å². The predicted molar refractivity (Wildman–Crippen MR) is 84.5 cm³/mol. The first-order valence-corrected chi connectivity index (χ1v) is 8.32. The smallest absolute Gasteiger partial charge is 0.268 e. The van der Waals surface area contributed by atoms with Gasteiger partial charge in [-0.1, -0.05) is 6.92 Å². The lowest BCUT2D eigenvalue weighted by atomic mass is 9.77. The van der Waals surface area contributed by atoms with Gasteiger partial charge >= 0.3 is 0 Å². The molecule has 0 spiro atoms. The van der Waals surface area contributed by atoms with E-state index in [4.69, 9.17) is 0 Å². The van der Waals surface area contributed by atoms with E-state index in [1.807, 2.05) is 11.4 Å². The van der Waals surface area contributed by atoms with Crippen LogP contribution in [-0.2, 0) is 6.54 Å². The van der Waals surface area contributed by atoms with Crippen molar-refractivity contribution in [3.8, 4) is 0 Å². The summed E-state index contributed by atoms with van der Waals surface area (Å²) in [6, 6.07) is 1.86. The molecule has 1 fully saturated rings. The summed E-state index contributed by atoms with van der Waals surface area (Å²) in [6.07, 6.45) is 4.19. The Hall–Kier alpha value is -1.24. The number of thiophene rings is 1. The normalized spacial score (nSPS) is 26.3. The summed E-state index contributed by atoms with van der Waals surface area (Å²) in [4.78, 5) is 19.2. The van der Waals surface area contributed by atoms with Crippen molar-refractivity contribution in [1.29, 1.82) is 0 Å². The van der Waals surface area contributed by atoms with Crippen molar-refractivity contribution in [3.63, 3.8) is 0 Å². The highest BCUT2D eigenvalue weighted by molar-refractivity contribution is 7.17. The number of hydrogen-bond donors (Lipinski definition) is 3. The number of aromatic amines is 1. The Morgan fingerprint density at radius 3 is 3.00 bits per heavy atom. The zero-order valence-electron chi connectivity index (χ0n) is 12.2. The third kappa shape index (κ3) is 3.02. The highest BCUT2D eigenvalue weighted by Gasteiger charge is 2.33.